The number of rotatable bonds is 5. The summed E-state index contributed by atoms with van der Waals surface area (Å²) < 4.78 is 11.3. The molecule has 0 aliphatic carbocycles. The predicted octanol–water partition coefficient (Wildman–Crippen LogP) is 3.79. The Labute approximate surface area is 136 Å². The molecule has 1 aromatic heterocycles. The van der Waals surface area contributed by atoms with Crippen LogP contribution in [0.2, 0.25) is 5.02 Å². The number of pyridine rings is 1. The molecule has 0 amide bonds. The number of methoxy groups -OCH3 is 2. The van der Waals surface area contributed by atoms with Crippen LogP contribution in [-0.4, -0.2) is 24.3 Å². The van der Waals surface area contributed by atoms with Gasteiger partial charge < -0.3 is 14.6 Å². The molecule has 1 atom stereocenters. The van der Waals surface area contributed by atoms with E-state index in [2.05, 4.69) is 20.9 Å². The highest BCUT2D eigenvalue weighted by atomic mass is 79.9. The zero-order valence-electron chi connectivity index (χ0n) is 11.6. The Morgan fingerprint density at radius 3 is 2.57 bits per heavy atom. The van der Waals surface area contributed by atoms with Crippen molar-refractivity contribution in [3.05, 3.63) is 51.2 Å². The molecule has 0 spiro atoms. The molecule has 0 aliphatic heterocycles. The van der Waals surface area contributed by atoms with Crippen molar-refractivity contribution in [2.75, 3.05) is 14.2 Å². The smallest absolute Gasteiger partial charge is 0.179 e. The molecule has 2 rings (SSSR count). The summed E-state index contributed by atoms with van der Waals surface area (Å²) in [4.78, 5) is 4.24. The van der Waals surface area contributed by atoms with Crippen molar-refractivity contribution in [2.24, 2.45) is 0 Å². The fourth-order valence-corrected chi connectivity index (χ4v) is 2.59. The van der Waals surface area contributed by atoms with Crippen LogP contribution in [0, 0.1) is 0 Å². The Morgan fingerprint density at radius 2 is 2.00 bits per heavy atom. The highest BCUT2D eigenvalue weighted by Crippen LogP contribution is 2.40. The van der Waals surface area contributed by atoms with Crippen molar-refractivity contribution >= 4 is 27.5 Å². The first-order valence-corrected chi connectivity index (χ1v) is 7.42. The first kappa shape index (κ1) is 16.1. The molecule has 0 saturated heterocycles. The molecule has 0 aliphatic rings. The molecule has 0 saturated carbocycles. The molecule has 0 bridgehead atoms. The number of hydrogen-bond donors (Lipinski definition) is 1. The van der Waals surface area contributed by atoms with Crippen LogP contribution in [0.25, 0.3) is 0 Å². The number of halogens is 2. The third kappa shape index (κ3) is 3.67. The zero-order valence-corrected chi connectivity index (χ0v) is 14.0. The molecule has 112 valence electrons. The van der Waals surface area contributed by atoms with E-state index >= 15 is 0 Å². The summed E-state index contributed by atoms with van der Waals surface area (Å²) in [6.45, 7) is 0. The number of aliphatic hydroxyl groups excluding tert-OH is 1. The molecular formula is C15H15BrClNO3. The van der Waals surface area contributed by atoms with Crippen LogP contribution < -0.4 is 9.47 Å². The normalized spacial score (nSPS) is 12.0. The maximum atomic E-state index is 10.4. The van der Waals surface area contributed by atoms with Crippen LogP contribution in [0.15, 0.2) is 34.9 Å². The Bertz CT molecular complexity index is 619. The van der Waals surface area contributed by atoms with Crippen molar-refractivity contribution in [3.63, 3.8) is 0 Å². The summed E-state index contributed by atoms with van der Waals surface area (Å²) in [5, 5.41) is 10.7. The van der Waals surface area contributed by atoms with Gasteiger partial charge in [0.1, 0.15) is 0 Å². The second-order valence-corrected chi connectivity index (χ2v) is 5.69. The number of benzene rings is 1. The lowest BCUT2D eigenvalue weighted by molar-refractivity contribution is 0.176. The molecule has 1 unspecified atom stereocenters. The monoisotopic (exact) mass is 371 g/mol. The zero-order chi connectivity index (χ0) is 15.4. The second-order valence-electron chi connectivity index (χ2n) is 4.39. The van der Waals surface area contributed by atoms with Crippen molar-refractivity contribution in [3.8, 4) is 11.5 Å². The first-order valence-electron chi connectivity index (χ1n) is 6.25. The van der Waals surface area contributed by atoms with Gasteiger partial charge in [0.15, 0.2) is 11.5 Å². The minimum atomic E-state index is -0.772. The Morgan fingerprint density at radius 1 is 1.24 bits per heavy atom. The van der Waals surface area contributed by atoms with Crippen molar-refractivity contribution < 1.29 is 14.6 Å². The molecule has 1 heterocycles. The standard InChI is InChI=1S/C15H15BrClNO3/c1-20-13-6-5-11(14(17)15(13)21-2)12(19)7-10-4-3-9(16)8-18-10/h3-6,8,12,19H,7H2,1-2H3. The third-order valence-corrected chi connectivity index (χ3v) is 3.92. The van der Waals surface area contributed by atoms with E-state index in [0.29, 0.717) is 28.5 Å². The average Bonchev–Trinajstić information content (AvgIpc) is 2.49. The lowest BCUT2D eigenvalue weighted by atomic mass is 10.0. The third-order valence-electron chi connectivity index (χ3n) is 3.07. The van der Waals surface area contributed by atoms with Gasteiger partial charge in [-0.25, -0.2) is 0 Å². The summed E-state index contributed by atoms with van der Waals surface area (Å²) in [5.41, 5.74) is 1.36. The van der Waals surface area contributed by atoms with E-state index in [1.54, 1.807) is 18.3 Å². The Kier molecular flexibility index (Phi) is 5.45. The van der Waals surface area contributed by atoms with Crippen LogP contribution in [0.5, 0.6) is 11.5 Å². The number of aromatic nitrogens is 1. The molecule has 6 heteroatoms. The molecule has 4 nitrogen and oxygen atoms in total. The van der Waals surface area contributed by atoms with Gasteiger partial charge in [-0.2, -0.15) is 0 Å². The Hall–Kier alpha value is -1.30. The van der Waals surface area contributed by atoms with Crippen molar-refractivity contribution in [1.29, 1.82) is 0 Å². The van der Waals surface area contributed by atoms with Gasteiger partial charge in [-0.1, -0.05) is 17.7 Å². The van der Waals surface area contributed by atoms with Crippen LogP contribution >= 0.6 is 27.5 Å². The van der Waals surface area contributed by atoms with E-state index in [1.165, 1.54) is 14.2 Å². The molecule has 2 aromatic rings. The largest absolute Gasteiger partial charge is 0.493 e. The molecule has 0 radical (unpaired) electrons. The topological polar surface area (TPSA) is 51.6 Å². The summed E-state index contributed by atoms with van der Waals surface area (Å²) in [6.07, 6.45) is 1.28. The maximum Gasteiger partial charge on any atom is 0.179 e. The first-order chi connectivity index (χ1) is 10.1. The van der Waals surface area contributed by atoms with Gasteiger partial charge in [-0.3, -0.25) is 4.98 Å². The predicted molar refractivity (Wildman–Crippen MR) is 85.2 cm³/mol. The van der Waals surface area contributed by atoms with Crippen molar-refractivity contribution in [2.45, 2.75) is 12.5 Å². The van der Waals surface area contributed by atoms with Crippen LogP contribution in [-0.2, 0) is 6.42 Å². The van der Waals surface area contributed by atoms with Crippen LogP contribution in [0.1, 0.15) is 17.4 Å². The lowest BCUT2D eigenvalue weighted by Gasteiger charge is -2.16. The fraction of sp³-hybridized carbons (Fsp3) is 0.267. The summed E-state index contributed by atoms with van der Waals surface area (Å²) in [6, 6.07) is 7.18. The van der Waals surface area contributed by atoms with Gasteiger partial charge in [-0.05, 0) is 34.1 Å². The molecule has 1 aromatic carbocycles. The van der Waals surface area contributed by atoms with Gasteiger partial charge in [0, 0.05) is 28.3 Å². The number of nitrogens with zero attached hydrogens (tertiary/aromatic N) is 1. The summed E-state index contributed by atoms with van der Waals surface area (Å²) in [5.74, 6) is 0.944. The minimum absolute atomic E-state index is 0.349. The second kappa shape index (κ2) is 7.11. The van der Waals surface area contributed by atoms with E-state index in [9.17, 15) is 5.11 Å². The van der Waals surface area contributed by atoms with Gasteiger partial charge in [-0.15, -0.1) is 0 Å². The maximum absolute atomic E-state index is 10.4. The van der Waals surface area contributed by atoms with E-state index in [4.69, 9.17) is 21.1 Å². The van der Waals surface area contributed by atoms with Gasteiger partial charge >= 0.3 is 0 Å². The highest BCUT2D eigenvalue weighted by Gasteiger charge is 2.19. The van der Waals surface area contributed by atoms with E-state index in [-0.39, 0.29) is 0 Å². The van der Waals surface area contributed by atoms with Gasteiger partial charge in [0.05, 0.1) is 25.3 Å². The quantitative estimate of drug-likeness (QED) is 0.867. The summed E-state index contributed by atoms with van der Waals surface area (Å²) in [7, 11) is 3.05. The lowest BCUT2D eigenvalue weighted by Crippen LogP contribution is -2.05. The van der Waals surface area contributed by atoms with Crippen molar-refractivity contribution in [1.82, 2.24) is 4.98 Å². The van der Waals surface area contributed by atoms with Crippen LogP contribution in [0.4, 0.5) is 0 Å². The number of ether oxygens (including phenoxy) is 2. The molecule has 21 heavy (non-hydrogen) atoms. The molecular weight excluding hydrogens is 358 g/mol. The SMILES string of the molecule is COc1ccc(C(O)Cc2ccc(Br)cn2)c(Cl)c1OC. The Balaban J connectivity index is 2.26. The van der Waals surface area contributed by atoms with E-state index in [1.807, 2.05) is 12.1 Å². The average molecular weight is 373 g/mol. The number of aliphatic hydroxyl groups is 1. The van der Waals surface area contributed by atoms with Gasteiger partial charge in [0.2, 0.25) is 0 Å². The van der Waals surface area contributed by atoms with Crippen LogP contribution in [0.3, 0.4) is 0 Å². The highest BCUT2D eigenvalue weighted by molar-refractivity contribution is 9.10. The minimum Gasteiger partial charge on any atom is -0.493 e. The van der Waals surface area contributed by atoms with E-state index < -0.39 is 6.10 Å². The molecule has 1 N–H and O–H groups in total. The molecule has 0 fully saturated rings. The summed E-state index contributed by atoms with van der Waals surface area (Å²) >= 11 is 9.61. The fourth-order valence-electron chi connectivity index (χ4n) is 2.00. The van der Waals surface area contributed by atoms with Gasteiger partial charge in [0.25, 0.3) is 0 Å². The van der Waals surface area contributed by atoms with E-state index in [0.717, 1.165) is 10.2 Å². The number of hydrogen-bond acceptors (Lipinski definition) is 4.